The summed E-state index contributed by atoms with van der Waals surface area (Å²) in [5.74, 6) is 0.458. The van der Waals surface area contributed by atoms with Gasteiger partial charge in [0.2, 0.25) is 10.0 Å². The Morgan fingerprint density at radius 2 is 1.87 bits per heavy atom. The van der Waals surface area contributed by atoms with Crippen molar-refractivity contribution in [2.24, 2.45) is 0 Å². The number of benzene rings is 2. The van der Waals surface area contributed by atoms with Crippen molar-refractivity contribution < 1.29 is 27.4 Å². The van der Waals surface area contributed by atoms with E-state index in [0.29, 0.717) is 37.8 Å². The Morgan fingerprint density at radius 1 is 1.13 bits per heavy atom. The molecule has 0 aliphatic carbocycles. The second-order valence-electron chi connectivity index (χ2n) is 6.59. The van der Waals surface area contributed by atoms with Gasteiger partial charge < -0.3 is 19.5 Å². The fourth-order valence-electron chi connectivity index (χ4n) is 3.04. The van der Waals surface area contributed by atoms with Gasteiger partial charge in [-0.1, -0.05) is 32.0 Å². The Kier molecular flexibility index (Phi) is 7.43. The van der Waals surface area contributed by atoms with Crippen LogP contribution in [0.25, 0.3) is 0 Å². The first-order valence-electron chi connectivity index (χ1n) is 9.83. The van der Waals surface area contributed by atoms with Crippen LogP contribution in [0.2, 0.25) is 0 Å². The van der Waals surface area contributed by atoms with E-state index in [1.54, 1.807) is 26.0 Å². The highest BCUT2D eigenvalue weighted by Gasteiger charge is 2.26. The highest BCUT2D eigenvalue weighted by molar-refractivity contribution is 7.89. The molecule has 1 atom stereocenters. The topological polar surface area (TPSA) is 94.2 Å². The zero-order chi connectivity index (χ0) is 21.6. The molecule has 30 heavy (non-hydrogen) atoms. The van der Waals surface area contributed by atoms with Crippen LogP contribution in [0.4, 0.5) is 5.69 Å². The quantitative estimate of drug-likeness (QED) is 0.687. The predicted molar refractivity (Wildman–Crippen MR) is 112 cm³/mol. The number of nitrogens with one attached hydrogen (secondary N) is 1. The fraction of sp³-hybridized carbons (Fsp3) is 0.381. The number of ether oxygens (including phenoxy) is 3. The molecule has 1 N–H and O–H groups in total. The molecule has 1 aliphatic rings. The molecule has 0 radical (unpaired) electrons. The molecule has 1 aliphatic heterocycles. The minimum absolute atomic E-state index is 0.0720. The summed E-state index contributed by atoms with van der Waals surface area (Å²) in [5.41, 5.74) is 0.242. The van der Waals surface area contributed by atoms with Crippen LogP contribution in [-0.4, -0.2) is 57.6 Å². The van der Waals surface area contributed by atoms with Crippen LogP contribution in [-0.2, 0) is 24.3 Å². The maximum absolute atomic E-state index is 12.9. The molecular weight excluding hydrogens is 408 g/mol. The third-order valence-corrected chi connectivity index (χ3v) is 6.68. The van der Waals surface area contributed by atoms with E-state index in [1.807, 2.05) is 18.2 Å². The summed E-state index contributed by atoms with van der Waals surface area (Å²) >= 11 is 0. The molecule has 3 rings (SSSR count). The zero-order valence-electron chi connectivity index (χ0n) is 17.0. The van der Waals surface area contributed by atoms with E-state index in [1.165, 1.54) is 22.5 Å². The molecule has 2 aromatic rings. The van der Waals surface area contributed by atoms with Gasteiger partial charge in [0.15, 0.2) is 11.9 Å². The number of rotatable bonds is 8. The highest BCUT2D eigenvalue weighted by Crippen LogP contribution is 2.33. The number of carbonyl (C=O) groups is 1. The van der Waals surface area contributed by atoms with Gasteiger partial charge in [-0.15, -0.1) is 0 Å². The summed E-state index contributed by atoms with van der Waals surface area (Å²) in [6.07, 6.45) is -0.772. The van der Waals surface area contributed by atoms with Crippen molar-refractivity contribution in [2.45, 2.75) is 24.8 Å². The Bertz CT molecular complexity index is 955. The van der Waals surface area contributed by atoms with Crippen molar-refractivity contribution in [3.05, 3.63) is 48.5 Å². The van der Waals surface area contributed by atoms with Crippen LogP contribution in [0.3, 0.4) is 0 Å². The number of para-hydroxylation sites is 1. The normalized spacial score (nSPS) is 17.0. The number of hydrogen-bond acceptors (Lipinski definition) is 6. The summed E-state index contributed by atoms with van der Waals surface area (Å²) in [6.45, 7) is 5.13. The minimum Gasteiger partial charge on any atom is -0.455 e. The molecule has 8 nitrogen and oxygen atoms in total. The number of nitrogens with zero attached hydrogens (tertiary/aromatic N) is 1. The first-order valence-corrected chi connectivity index (χ1v) is 11.3. The molecule has 0 spiro atoms. The number of carbonyl (C=O) groups excluding carboxylic acids is 1. The van der Waals surface area contributed by atoms with E-state index in [2.05, 4.69) is 5.32 Å². The SMILES string of the molecule is CCN(CC)S(=O)(=O)c1ccc(Oc2ccccc2)c(NC(=O)C2COCCO2)c1. The highest BCUT2D eigenvalue weighted by atomic mass is 32.2. The van der Waals surface area contributed by atoms with Gasteiger partial charge in [0, 0.05) is 13.1 Å². The average molecular weight is 435 g/mol. The van der Waals surface area contributed by atoms with E-state index in [0.717, 1.165) is 0 Å². The van der Waals surface area contributed by atoms with Gasteiger partial charge in [-0.25, -0.2) is 8.42 Å². The standard InChI is InChI=1S/C21H26N2O6S/c1-3-23(4-2)30(25,26)17-10-11-19(29-16-8-6-5-7-9-16)18(14-17)22-21(24)20-15-27-12-13-28-20/h5-11,14,20H,3-4,12-13,15H2,1-2H3,(H,22,24). The van der Waals surface area contributed by atoms with Crippen LogP contribution >= 0.6 is 0 Å². The average Bonchev–Trinajstić information content (AvgIpc) is 2.77. The molecule has 162 valence electrons. The summed E-state index contributed by atoms with van der Waals surface area (Å²) in [4.78, 5) is 12.7. The van der Waals surface area contributed by atoms with Crippen LogP contribution in [0.5, 0.6) is 11.5 Å². The van der Waals surface area contributed by atoms with Crippen LogP contribution < -0.4 is 10.1 Å². The van der Waals surface area contributed by atoms with Crippen LogP contribution in [0, 0.1) is 0 Å². The molecule has 0 bridgehead atoms. The van der Waals surface area contributed by atoms with E-state index >= 15 is 0 Å². The van der Waals surface area contributed by atoms with Gasteiger partial charge >= 0.3 is 0 Å². The van der Waals surface area contributed by atoms with Crippen molar-refractivity contribution in [1.82, 2.24) is 4.31 Å². The van der Waals surface area contributed by atoms with Crippen molar-refractivity contribution in [2.75, 3.05) is 38.2 Å². The fourth-order valence-corrected chi connectivity index (χ4v) is 4.52. The second-order valence-corrected chi connectivity index (χ2v) is 8.52. The molecular formula is C21H26N2O6S. The molecule has 1 heterocycles. The third kappa shape index (κ3) is 5.17. The maximum Gasteiger partial charge on any atom is 0.256 e. The number of amides is 1. The van der Waals surface area contributed by atoms with E-state index in [-0.39, 0.29) is 17.2 Å². The largest absolute Gasteiger partial charge is 0.455 e. The lowest BCUT2D eigenvalue weighted by Gasteiger charge is -2.23. The first kappa shape index (κ1) is 22.2. The smallest absolute Gasteiger partial charge is 0.256 e. The van der Waals surface area contributed by atoms with E-state index in [9.17, 15) is 13.2 Å². The minimum atomic E-state index is -3.70. The van der Waals surface area contributed by atoms with Gasteiger partial charge in [-0.3, -0.25) is 4.79 Å². The van der Waals surface area contributed by atoms with E-state index < -0.39 is 22.0 Å². The van der Waals surface area contributed by atoms with Crippen molar-refractivity contribution in [1.29, 1.82) is 0 Å². The van der Waals surface area contributed by atoms with Crippen molar-refractivity contribution in [3.63, 3.8) is 0 Å². The van der Waals surface area contributed by atoms with Crippen molar-refractivity contribution in [3.8, 4) is 11.5 Å². The lowest BCUT2D eigenvalue weighted by molar-refractivity contribution is -0.142. The van der Waals surface area contributed by atoms with Gasteiger partial charge in [0.25, 0.3) is 5.91 Å². The monoisotopic (exact) mass is 434 g/mol. The molecule has 1 fully saturated rings. The second kappa shape index (κ2) is 10.0. The number of anilines is 1. The summed E-state index contributed by atoms with van der Waals surface area (Å²) in [7, 11) is -3.70. The molecule has 0 saturated carbocycles. The van der Waals surface area contributed by atoms with Crippen LogP contribution in [0.15, 0.2) is 53.4 Å². The van der Waals surface area contributed by atoms with Crippen LogP contribution in [0.1, 0.15) is 13.8 Å². The van der Waals surface area contributed by atoms with Gasteiger partial charge in [-0.05, 0) is 30.3 Å². The zero-order valence-corrected chi connectivity index (χ0v) is 17.9. The molecule has 1 unspecified atom stereocenters. The molecule has 9 heteroatoms. The molecule has 1 saturated heterocycles. The third-order valence-electron chi connectivity index (χ3n) is 4.63. The summed E-state index contributed by atoms with van der Waals surface area (Å²) in [6, 6.07) is 13.5. The Balaban J connectivity index is 1.94. The molecule has 0 aromatic heterocycles. The lowest BCUT2D eigenvalue weighted by Crippen LogP contribution is -2.39. The van der Waals surface area contributed by atoms with E-state index in [4.69, 9.17) is 14.2 Å². The Hall–Kier alpha value is -2.46. The number of hydrogen-bond donors (Lipinski definition) is 1. The predicted octanol–water partition coefficient (Wildman–Crippen LogP) is 2.86. The van der Waals surface area contributed by atoms with Gasteiger partial charge in [-0.2, -0.15) is 4.31 Å². The summed E-state index contributed by atoms with van der Waals surface area (Å²) < 4.78 is 43.8. The maximum atomic E-state index is 12.9. The van der Waals surface area contributed by atoms with Gasteiger partial charge in [0.1, 0.15) is 5.75 Å². The first-order chi connectivity index (χ1) is 14.5. The van der Waals surface area contributed by atoms with Crippen molar-refractivity contribution >= 4 is 21.6 Å². The summed E-state index contributed by atoms with van der Waals surface area (Å²) in [5, 5.41) is 2.74. The molecule has 1 amide bonds. The Labute approximate surface area is 176 Å². The molecule has 2 aromatic carbocycles. The van der Waals surface area contributed by atoms with Gasteiger partial charge in [0.05, 0.1) is 30.4 Å². The lowest BCUT2D eigenvalue weighted by atomic mass is 10.2. The Morgan fingerprint density at radius 3 is 2.50 bits per heavy atom. The number of sulfonamides is 1.